The van der Waals surface area contributed by atoms with Gasteiger partial charge in [0.25, 0.3) is 0 Å². The van der Waals surface area contributed by atoms with Crippen molar-refractivity contribution in [1.82, 2.24) is 14.0 Å². The number of nitrogens with zero attached hydrogens (tertiary/aromatic N) is 3. The number of aryl methyl sites for hydroxylation is 2. The van der Waals surface area contributed by atoms with Crippen LogP contribution in [-0.2, 0) is 17.9 Å². The van der Waals surface area contributed by atoms with E-state index in [9.17, 15) is 9.59 Å². The number of hydrogen-bond donors (Lipinski definition) is 0. The predicted molar refractivity (Wildman–Crippen MR) is 101 cm³/mol. The number of imidazole rings is 1. The zero-order chi connectivity index (χ0) is 18.7. The normalized spacial score (nSPS) is 12.4. The van der Waals surface area contributed by atoms with E-state index in [1.54, 1.807) is 27.3 Å². The molecule has 0 N–H and O–H groups in total. The van der Waals surface area contributed by atoms with Crippen LogP contribution in [0.3, 0.4) is 0 Å². The average Bonchev–Trinajstić information content (AvgIpc) is 3.27. The van der Waals surface area contributed by atoms with Crippen molar-refractivity contribution in [1.29, 1.82) is 0 Å². The molecule has 0 aliphatic rings. The minimum atomic E-state index is -0.143. The molecule has 0 spiro atoms. The van der Waals surface area contributed by atoms with Crippen molar-refractivity contribution < 1.29 is 9.21 Å². The van der Waals surface area contributed by atoms with E-state index in [1.807, 2.05) is 50.2 Å². The Morgan fingerprint density at radius 1 is 1.12 bits per heavy atom. The zero-order valence-electron chi connectivity index (χ0n) is 15.5. The van der Waals surface area contributed by atoms with Gasteiger partial charge in [0.1, 0.15) is 5.76 Å². The second-order valence-electron chi connectivity index (χ2n) is 6.52. The van der Waals surface area contributed by atoms with Gasteiger partial charge < -0.3 is 9.32 Å². The van der Waals surface area contributed by atoms with E-state index in [0.29, 0.717) is 13.1 Å². The smallest absolute Gasteiger partial charge is 0.329 e. The Hall–Kier alpha value is -2.76. The van der Waals surface area contributed by atoms with Crippen LogP contribution < -0.4 is 5.69 Å². The van der Waals surface area contributed by atoms with Crippen LogP contribution >= 0.6 is 0 Å². The fourth-order valence-electron chi connectivity index (χ4n) is 3.25. The topological polar surface area (TPSA) is 60.4 Å². The number of hydrogen-bond acceptors (Lipinski definition) is 3. The maximum Gasteiger partial charge on any atom is 0.329 e. The molecule has 6 heteroatoms. The summed E-state index contributed by atoms with van der Waals surface area (Å²) in [7, 11) is 1.76. The van der Waals surface area contributed by atoms with E-state index in [4.69, 9.17) is 4.42 Å². The van der Waals surface area contributed by atoms with E-state index in [1.165, 1.54) is 0 Å². The first-order chi connectivity index (χ1) is 12.5. The van der Waals surface area contributed by atoms with Gasteiger partial charge in [-0.3, -0.25) is 13.9 Å². The summed E-state index contributed by atoms with van der Waals surface area (Å²) in [6.45, 7) is 5.02. The summed E-state index contributed by atoms with van der Waals surface area (Å²) in [5.41, 5.74) is 1.74. The van der Waals surface area contributed by atoms with E-state index >= 15 is 0 Å². The average molecular weight is 355 g/mol. The molecule has 1 unspecified atom stereocenters. The molecule has 0 aliphatic carbocycles. The molecule has 2 aromatic heterocycles. The van der Waals surface area contributed by atoms with E-state index in [2.05, 4.69) is 0 Å². The Bertz CT molecular complexity index is 937. The van der Waals surface area contributed by atoms with Gasteiger partial charge >= 0.3 is 5.69 Å². The number of amides is 1. The van der Waals surface area contributed by atoms with Crippen LogP contribution in [0.25, 0.3) is 11.0 Å². The standard InChI is InChI=1S/C20H25N3O3/c1-4-12-22-16-8-5-6-9-17(16)23(20(22)25)13-11-19(24)21(3)15(2)18-10-7-14-26-18/h5-10,14-15H,4,11-13H2,1-3H3. The molecule has 1 amide bonds. The summed E-state index contributed by atoms with van der Waals surface area (Å²) in [6, 6.07) is 11.3. The summed E-state index contributed by atoms with van der Waals surface area (Å²) in [5.74, 6) is 0.727. The third-order valence-corrected chi connectivity index (χ3v) is 4.85. The SMILES string of the molecule is CCCn1c(=O)n(CCC(=O)N(C)C(C)c2ccco2)c2ccccc21. The molecular formula is C20H25N3O3. The summed E-state index contributed by atoms with van der Waals surface area (Å²) in [5, 5.41) is 0. The van der Waals surface area contributed by atoms with Crippen LogP contribution in [0.2, 0.25) is 0 Å². The van der Waals surface area contributed by atoms with Crippen LogP contribution in [-0.4, -0.2) is 27.0 Å². The number of fused-ring (bicyclic) bond motifs is 1. The number of carbonyl (C=O) groups excluding carboxylic acids is 1. The first-order valence-corrected chi connectivity index (χ1v) is 9.01. The monoisotopic (exact) mass is 355 g/mol. The Labute approximate surface area is 152 Å². The highest BCUT2D eigenvalue weighted by atomic mass is 16.3. The van der Waals surface area contributed by atoms with Crippen molar-refractivity contribution in [2.45, 2.75) is 45.8 Å². The van der Waals surface area contributed by atoms with E-state index < -0.39 is 0 Å². The third-order valence-electron chi connectivity index (χ3n) is 4.85. The van der Waals surface area contributed by atoms with Crippen LogP contribution in [0.15, 0.2) is 51.9 Å². The summed E-state index contributed by atoms with van der Waals surface area (Å²) in [4.78, 5) is 27.0. The molecule has 0 radical (unpaired) electrons. The molecule has 2 heterocycles. The molecule has 0 aliphatic heterocycles. The molecule has 1 aromatic carbocycles. The highest BCUT2D eigenvalue weighted by Gasteiger charge is 2.20. The number of aromatic nitrogens is 2. The predicted octanol–water partition coefficient (Wildman–Crippen LogP) is 3.42. The molecule has 0 saturated heterocycles. The Morgan fingerprint density at radius 3 is 2.35 bits per heavy atom. The molecule has 1 atom stereocenters. The number of rotatable bonds is 7. The molecule has 3 aromatic rings. The fraction of sp³-hybridized carbons (Fsp3) is 0.400. The van der Waals surface area contributed by atoms with Crippen LogP contribution in [0.4, 0.5) is 0 Å². The van der Waals surface area contributed by atoms with Gasteiger partial charge in [0.05, 0.1) is 23.3 Å². The minimum absolute atomic E-state index is 0.0203. The Kier molecular flexibility index (Phi) is 5.30. The highest BCUT2D eigenvalue weighted by Crippen LogP contribution is 2.20. The lowest BCUT2D eigenvalue weighted by Gasteiger charge is -2.23. The van der Waals surface area contributed by atoms with Crippen LogP contribution in [0.1, 0.15) is 38.5 Å². The number of furan rings is 1. The van der Waals surface area contributed by atoms with Gasteiger partial charge in [0, 0.05) is 26.6 Å². The lowest BCUT2D eigenvalue weighted by Crippen LogP contribution is -2.31. The van der Waals surface area contributed by atoms with Gasteiger partial charge in [-0.1, -0.05) is 19.1 Å². The second kappa shape index (κ2) is 7.64. The van der Waals surface area contributed by atoms with Gasteiger partial charge in [-0.05, 0) is 37.6 Å². The molecule has 0 bridgehead atoms. The van der Waals surface area contributed by atoms with Crippen LogP contribution in [0.5, 0.6) is 0 Å². The molecule has 0 fully saturated rings. The van der Waals surface area contributed by atoms with E-state index in [0.717, 1.165) is 23.2 Å². The van der Waals surface area contributed by atoms with Crippen LogP contribution in [0, 0.1) is 0 Å². The van der Waals surface area contributed by atoms with Crippen molar-refractivity contribution >= 4 is 16.9 Å². The first kappa shape index (κ1) is 18.0. The van der Waals surface area contributed by atoms with Gasteiger partial charge in [-0.15, -0.1) is 0 Å². The lowest BCUT2D eigenvalue weighted by molar-refractivity contribution is -0.132. The number of carbonyl (C=O) groups is 1. The summed E-state index contributed by atoms with van der Waals surface area (Å²) < 4.78 is 8.87. The molecule has 3 rings (SSSR count). The van der Waals surface area contributed by atoms with Gasteiger partial charge in [0.2, 0.25) is 5.91 Å². The summed E-state index contributed by atoms with van der Waals surface area (Å²) >= 11 is 0. The number of benzene rings is 1. The minimum Gasteiger partial charge on any atom is -0.467 e. The summed E-state index contributed by atoms with van der Waals surface area (Å²) in [6.07, 6.45) is 2.75. The zero-order valence-corrected chi connectivity index (χ0v) is 15.5. The Balaban J connectivity index is 1.78. The van der Waals surface area contributed by atoms with Crippen molar-refractivity contribution in [3.8, 4) is 0 Å². The molecular weight excluding hydrogens is 330 g/mol. The largest absolute Gasteiger partial charge is 0.467 e. The first-order valence-electron chi connectivity index (χ1n) is 9.01. The molecule has 6 nitrogen and oxygen atoms in total. The maximum atomic E-state index is 12.8. The van der Waals surface area contributed by atoms with Gasteiger partial charge in [-0.25, -0.2) is 4.79 Å². The Morgan fingerprint density at radius 2 is 1.77 bits per heavy atom. The van der Waals surface area contributed by atoms with E-state index in [-0.39, 0.29) is 24.1 Å². The van der Waals surface area contributed by atoms with Crippen molar-refractivity contribution in [2.75, 3.05) is 7.05 Å². The molecule has 138 valence electrons. The fourth-order valence-corrected chi connectivity index (χ4v) is 3.25. The number of para-hydroxylation sites is 2. The third kappa shape index (κ3) is 3.31. The quantitative estimate of drug-likeness (QED) is 0.652. The van der Waals surface area contributed by atoms with Crippen molar-refractivity contribution in [2.24, 2.45) is 0 Å². The van der Waals surface area contributed by atoms with Gasteiger partial charge in [0.15, 0.2) is 0 Å². The maximum absolute atomic E-state index is 12.8. The molecule has 26 heavy (non-hydrogen) atoms. The van der Waals surface area contributed by atoms with Crippen molar-refractivity contribution in [3.63, 3.8) is 0 Å². The highest BCUT2D eigenvalue weighted by molar-refractivity contribution is 5.78. The van der Waals surface area contributed by atoms with Crippen molar-refractivity contribution in [3.05, 3.63) is 58.9 Å². The molecule has 0 saturated carbocycles. The second-order valence-corrected chi connectivity index (χ2v) is 6.52. The lowest BCUT2D eigenvalue weighted by atomic mass is 10.2. The van der Waals surface area contributed by atoms with Gasteiger partial charge in [-0.2, -0.15) is 0 Å².